The predicted octanol–water partition coefficient (Wildman–Crippen LogP) is 3.63. The number of hydrogen-bond donors (Lipinski definition) is 0. The highest BCUT2D eigenvalue weighted by atomic mass is 35.5. The minimum Gasteiger partial charge on any atom is -0.495 e. The summed E-state index contributed by atoms with van der Waals surface area (Å²) in [5, 5.41) is 0. The van der Waals surface area contributed by atoms with Crippen LogP contribution in [0.3, 0.4) is 0 Å². The fourth-order valence-corrected chi connectivity index (χ4v) is 4.31. The van der Waals surface area contributed by atoms with Gasteiger partial charge in [-0.1, -0.05) is 29.0 Å². The molecule has 0 N–H and O–H groups in total. The summed E-state index contributed by atoms with van der Waals surface area (Å²) in [4.78, 5) is 17.9. The molecule has 1 amide bonds. The van der Waals surface area contributed by atoms with E-state index in [1.165, 1.54) is 22.7 Å². The lowest BCUT2D eigenvalue weighted by atomic mass is 10.3. The van der Waals surface area contributed by atoms with Gasteiger partial charge in [-0.25, -0.2) is 0 Å². The maximum Gasteiger partial charge on any atom is 0.253 e. The van der Waals surface area contributed by atoms with Crippen molar-refractivity contribution in [1.82, 2.24) is 4.57 Å². The number of aromatic nitrogens is 1. The number of thiophene rings is 1. The van der Waals surface area contributed by atoms with Gasteiger partial charge in [0.15, 0.2) is 4.80 Å². The first-order valence-corrected chi connectivity index (χ1v) is 8.54. The second kappa shape index (κ2) is 6.24. The molecule has 114 valence electrons. The van der Waals surface area contributed by atoms with E-state index in [0.717, 1.165) is 20.8 Å². The molecule has 0 fully saturated rings. The van der Waals surface area contributed by atoms with Crippen LogP contribution < -0.4 is 9.54 Å². The van der Waals surface area contributed by atoms with Gasteiger partial charge in [0.05, 0.1) is 22.6 Å². The Bertz CT molecular complexity index is 908. The molecule has 1 aromatic carbocycles. The van der Waals surface area contributed by atoms with Gasteiger partial charge in [0, 0.05) is 11.9 Å². The molecule has 0 unspecified atom stereocenters. The summed E-state index contributed by atoms with van der Waals surface area (Å²) in [6.07, 6.45) is 0.267. The number of fused-ring (bicyclic) bond motifs is 1. The Labute approximate surface area is 140 Å². The molecule has 0 bridgehead atoms. The number of hydrogen-bond acceptors (Lipinski definition) is 4. The van der Waals surface area contributed by atoms with Crippen molar-refractivity contribution in [3.05, 3.63) is 44.3 Å². The summed E-state index contributed by atoms with van der Waals surface area (Å²) < 4.78 is 8.97. The second-order valence-electron chi connectivity index (χ2n) is 4.64. The lowest BCUT2D eigenvalue weighted by Crippen LogP contribution is -2.14. The van der Waals surface area contributed by atoms with E-state index in [-0.39, 0.29) is 12.3 Å². The fraction of sp³-hybridized carbons (Fsp3) is 0.200. The van der Waals surface area contributed by atoms with Crippen LogP contribution in [0.25, 0.3) is 10.2 Å². The van der Waals surface area contributed by atoms with Gasteiger partial charge in [0.25, 0.3) is 5.91 Å². The number of para-hydroxylation sites is 1. The Hall–Kier alpha value is -1.63. The zero-order chi connectivity index (χ0) is 15.7. The highest BCUT2D eigenvalue weighted by Gasteiger charge is 2.10. The molecule has 3 rings (SSSR count). The number of methoxy groups -OCH3 is 1. The highest BCUT2D eigenvalue weighted by Crippen LogP contribution is 2.26. The van der Waals surface area contributed by atoms with E-state index in [9.17, 15) is 4.79 Å². The van der Waals surface area contributed by atoms with Crippen molar-refractivity contribution in [2.75, 3.05) is 7.11 Å². The molecule has 4 nitrogen and oxygen atoms in total. The van der Waals surface area contributed by atoms with Crippen LogP contribution in [0.1, 0.15) is 4.88 Å². The highest BCUT2D eigenvalue weighted by molar-refractivity contribution is 7.16. The van der Waals surface area contributed by atoms with Crippen LogP contribution in [-0.4, -0.2) is 17.6 Å². The number of thiazole rings is 1. The predicted molar refractivity (Wildman–Crippen MR) is 91.0 cm³/mol. The summed E-state index contributed by atoms with van der Waals surface area (Å²) in [7, 11) is 3.52. The number of halogens is 1. The monoisotopic (exact) mass is 352 g/mol. The molecule has 0 aliphatic heterocycles. The Balaban J connectivity index is 1.99. The van der Waals surface area contributed by atoms with Crippen LogP contribution in [0.5, 0.6) is 5.75 Å². The molecule has 0 saturated heterocycles. The van der Waals surface area contributed by atoms with E-state index in [0.29, 0.717) is 9.14 Å². The van der Waals surface area contributed by atoms with Gasteiger partial charge >= 0.3 is 0 Å². The van der Waals surface area contributed by atoms with Gasteiger partial charge in [-0.3, -0.25) is 4.79 Å². The smallest absolute Gasteiger partial charge is 0.253 e. The average Bonchev–Trinajstić information content (AvgIpc) is 3.03. The van der Waals surface area contributed by atoms with Gasteiger partial charge in [-0.15, -0.1) is 11.3 Å². The number of carbonyl (C=O) groups excluding carboxylic acids is 1. The summed E-state index contributed by atoms with van der Waals surface area (Å²) >= 11 is 8.75. The molecule has 0 spiro atoms. The molecule has 0 aliphatic rings. The van der Waals surface area contributed by atoms with Crippen LogP contribution in [0.2, 0.25) is 4.34 Å². The second-order valence-corrected chi connectivity index (χ2v) is 7.45. The summed E-state index contributed by atoms with van der Waals surface area (Å²) in [6.45, 7) is 0. The number of nitrogens with zero attached hydrogens (tertiary/aromatic N) is 2. The molecular formula is C15H13ClN2O2S2. The Morgan fingerprint density at radius 1 is 1.32 bits per heavy atom. The van der Waals surface area contributed by atoms with Crippen molar-refractivity contribution >= 4 is 50.4 Å². The summed E-state index contributed by atoms with van der Waals surface area (Å²) in [6, 6.07) is 9.46. The molecular weight excluding hydrogens is 340 g/mol. The number of rotatable bonds is 3. The standard InChI is InChI=1S/C15H13ClN2O2S2/c1-18-14-10(20-2)4-3-5-11(14)22-15(18)17-13(19)8-9-6-7-12(16)21-9/h3-7H,8H2,1-2H3. The first-order chi connectivity index (χ1) is 10.6. The number of ether oxygens (including phenoxy) is 1. The maximum absolute atomic E-state index is 12.1. The first kappa shape index (κ1) is 15.3. The molecule has 0 aliphatic carbocycles. The van der Waals surface area contributed by atoms with Crippen molar-refractivity contribution in [1.29, 1.82) is 0 Å². The number of benzene rings is 1. The van der Waals surface area contributed by atoms with Crippen molar-refractivity contribution in [3.8, 4) is 5.75 Å². The molecule has 2 heterocycles. The Kier molecular flexibility index (Phi) is 4.33. The van der Waals surface area contributed by atoms with Crippen molar-refractivity contribution in [3.63, 3.8) is 0 Å². The fourth-order valence-electron chi connectivity index (χ4n) is 2.18. The van der Waals surface area contributed by atoms with Crippen LogP contribution >= 0.6 is 34.3 Å². The quantitative estimate of drug-likeness (QED) is 0.722. The number of aryl methyl sites for hydroxylation is 1. The zero-order valence-corrected chi connectivity index (χ0v) is 14.4. The van der Waals surface area contributed by atoms with Crippen LogP contribution in [0.4, 0.5) is 0 Å². The van der Waals surface area contributed by atoms with Gasteiger partial charge < -0.3 is 9.30 Å². The van der Waals surface area contributed by atoms with Crippen LogP contribution in [-0.2, 0) is 18.3 Å². The average molecular weight is 353 g/mol. The molecule has 0 atom stereocenters. The van der Waals surface area contributed by atoms with Crippen molar-refractivity contribution in [2.45, 2.75) is 6.42 Å². The largest absolute Gasteiger partial charge is 0.495 e. The third kappa shape index (κ3) is 2.95. The molecule has 2 aromatic heterocycles. The van der Waals surface area contributed by atoms with Gasteiger partial charge in [0.2, 0.25) is 0 Å². The van der Waals surface area contributed by atoms with E-state index in [1.54, 1.807) is 13.2 Å². The third-order valence-electron chi connectivity index (χ3n) is 3.18. The molecule has 0 saturated carbocycles. The molecule has 0 radical (unpaired) electrons. The van der Waals surface area contributed by atoms with E-state index >= 15 is 0 Å². The maximum atomic E-state index is 12.1. The van der Waals surface area contributed by atoms with Crippen LogP contribution in [0, 0.1) is 0 Å². The van der Waals surface area contributed by atoms with E-state index in [2.05, 4.69) is 4.99 Å². The van der Waals surface area contributed by atoms with Crippen LogP contribution in [0.15, 0.2) is 35.3 Å². The number of amides is 1. The van der Waals surface area contributed by atoms with Gasteiger partial charge in [-0.2, -0.15) is 4.99 Å². The lowest BCUT2D eigenvalue weighted by molar-refractivity contribution is -0.117. The zero-order valence-electron chi connectivity index (χ0n) is 12.0. The minimum atomic E-state index is -0.181. The minimum absolute atomic E-state index is 0.181. The molecule has 7 heteroatoms. The van der Waals surface area contributed by atoms with E-state index in [1.807, 2.05) is 35.9 Å². The Morgan fingerprint density at radius 3 is 2.82 bits per heavy atom. The Morgan fingerprint density at radius 2 is 2.14 bits per heavy atom. The van der Waals surface area contributed by atoms with E-state index < -0.39 is 0 Å². The first-order valence-electron chi connectivity index (χ1n) is 6.53. The third-order valence-corrected chi connectivity index (χ3v) is 5.51. The van der Waals surface area contributed by atoms with Crippen molar-refractivity contribution in [2.24, 2.45) is 12.0 Å². The van der Waals surface area contributed by atoms with Gasteiger partial charge in [0.1, 0.15) is 11.3 Å². The van der Waals surface area contributed by atoms with Gasteiger partial charge in [-0.05, 0) is 24.3 Å². The van der Waals surface area contributed by atoms with Crippen molar-refractivity contribution < 1.29 is 9.53 Å². The SMILES string of the molecule is COc1cccc2sc(=NC(=O)Cc3ccc(Cl)s3)n(C)c12. The normalized spacial score (nSPS) is 12.0. The summed E-state index contributed by atoms with van der Waals surface area (Å²) in [5.74, 6) is 0.592. The topological polar surface area (TPSA) is 43.6 Å². The summed E-state index contributed by atoms with van der Waals surface area (Å²) in [5.41, 5.74) is 0.945. The lowest BCUT2D eigenvalue weighted by Gasteiger charge is -2.02. The number of carbonyl (C=O) groups is 1. The molecule has 3 aromatic rings. The van der Waals surface area contributed by atoms with E-state index in [4.69, 9.17) is 16.3 Å². The molecule has 22 heavy (non-hydrogen) atoms.